The predicted molar refractivity (Wildman–Crippen MR) is 150 cm³/mol. The Balaban J connectivity index is 1.69. The van der Waals surface area contributed by atoms with Crippen molar-refractivity contribution in [3.63, 3.8) is 0 Å². The number of carbonyl (C=O) groups is 5. The van der Waals surface area contributed by atoms with Crippen LogP contribution in [0.25, 0.3) is 0 Å². The summed E-state index contributed by atoms with van der Waals surface area (Å²) in [4.78, 5) is 64.7. The SMILES string of the molecule is Cc1cc(F)c(F)c(OCC(=O)[C@H](CC(=O)O)NC(=O)[C@H]2COCCN(C(=O)C(=O)Cc3ccccc3C(C)(C)C)C2)c1F. The van der Waals surface area contributed by atoms with Gasteiger partial charge in [0.25, 0.3) is 5.91 Å². The van der Waals surface area contributed by atoms with Crippen molar-refractivity contribution < 1.29 is 51.7 Å². The number of nitrogens with zero attached hydrogens (tertiary/aromatic N) is 1. The third kappa shape index (κ3) is 8.65. The lowest BCUT2D eigenvalue weighted by Crippen LogP contribution is -2.50. The van der Waals surface area contributed by atoms with Crippen LogP contribution < -0.4 is 10.1 Å². The van der Waals surface area contributed by atoms with E-state index in [-0.39, 0.29) is 43.7 Å². The Kier molecular flexibility index (Phi) is 11.3. The van der Waals surface area contributed by atoms with Crippen molar-refractivity contribution in [3.8, 4) is 5.75 Å². The molecule has 1 fully saturated rings. The molecular weight excluding hydrogens is 585 g/mol. The number of carbonyl (C=O) groups excluding carboxylic acids is 4. The van der Waals surface area contributed by atoms with Gasteiger partial charge in [-0.3, -0.25) is 24.0 Å². The monoisotopic (exact) mass is 620 g/mol. The Morgan fingerprint density at radius 3 is 2.45 bits per heavy atom. The second-order valence-electron chi connectivity index (χ2n) is 11.6. The molecule has 1 heterocycles. The largest absolute Gasteiger partial charge is 0.481 e. The minimum atomic E-state index is -1.69. The van der Waals surface area contributed by atoms with E-state index in [4.69, 9.17) is 9.47 Å². The van der Waals surface area contributed by atoms with Gasteiger partial charge in [0.1, 0.15) is 12.6 Å². The van der Waals surface area contributed by atoms with Crippen LogP contribution in [0.5, 0.6) is 5.75 Å². The van der Waals surface area contributed by atoms with Crippen LogP contribution in [0.4, 0.5) is 13.2 Å². The Morgan fingerprint density at radius 1 is 1.11 bits per heavy atom. The molecular formula is C31H35F3N2O8. The summed E-state index contributed by atoms with van der Waals surface area (Å²) < 4.78 is 52.3. The van der Waals surface area contributed by atoms with Gasteiger partial charge in [-0.25, -0.2) is 8.78 Å². The van der Waals surface area contributed by atoms with Crippen molar-refractivity contribution in [2.75, 3.05) is 32.9 Å². The number of halogens is 3. The first-order valence-electron chi connectivity index (χ1n) is 13.9. The van der Waals surface area contributed by atoms with E-state index in [1.165, 1.54) is 4.90 Å². The molecule has 0 saturated carbocycles. The van der Waals surface area contributed by atoms with E-state index in [9.17, 15) is 42.3 Å². The van der Waals surface area contributed by atoms with E-state index < -0.39 is 77.5 Å². The summed E-state index contributed by atoms with van der Waals surface area (Å²) in [6.07, 6.45) is -1.05. The maximum atomic E-state index is 14.3. The molecule has 2 aromatic carbocycles. The van der Waals surface area contributed by atoms with E-state index in [0.29, 0.717) is 11.6 Å². The van der Waals surface area contributed by atoms with Gasteiger partial charge in [-0.05, 0) is 35.1 Å². The molecule has 0 unspecified atom stereocenters. The molecule has 3 rings (SSSR count). The van der Waals surface area contributed by atoms with Crippen molar-refractivity contribution >= 4 is 29.4 Å². The average molecular weight is 621 g/mol. The number of rotatable bonds is 11. The average Bonchev–Trinajstić information content (AvgIpc) is 3.21. The van der Waals surface area contributed by atoms with Gasteiger partial charge in [0.05, 0.1) is 25.6 Å². The highest BCUT2D eigenvalue weighted by molar-refractivity contribution is 6.36. The second-order valence-corrected chi connectivity index (χ2v) is 11.6. The molecule has 2 N–H and O–H groups in total. The minimum Gasteiger partial charge on any atom is -0.481 e. The summed E-state index contributed by atoms with van der Waals surface area (Å²) in [6.45, 7) is 5.64. The molecule has 1 saturated heterocycles. The quantitative estimate of drug-likeness (QED) is 0.289. The normalized spacial score (nSPS) is 16.1. The molecule has 1 aliphatic heterocycles. The maximum absolute atomic E-state index is 14.3. The number of carboxylic acid groups (broad SMARTS) is 1. The van der Waals surface area contributed by atoms with Crippen molar-refractivity contribution in [2.24, 2.45) is 5.92 Å². The van der Waals surface area contributed by atoms with Gasteiger partial charge >= 0.3 is 5.97 Å². The van der Waals surface area contributed by atoms with Gasteiger partial charge in [0, 0.05) is 19.5 Å². The number of aryl methyl sites for hydroxylation is 1. The topological polar surface area (TPSA) is 139 Å². The standard InChI is InChI=1S/C31H35F3N2O8/c1-17-11-21(32)27(34)28(26(17)33)44-16-24(38)22(13-25(39)40)35-29(41)19-14-36(9-10-43-15-19)30(42)23(37)12-18-7-5-6-8-20(18)31(2,3)4/h5-8,11,19,22H,9-10,12-16H2,1-4H3,(H,35,41)(H,39,40)/t19-,22+/m1/s1. The van der Waals surface area contributed by atoms with Crippen molar-refractivity contribution in [1.82, 2.24) is 10.2 Å². The number of carboxylic acids is 1. The molecule has 1 aliphatic rings. The summed E-state index contributed by atoms with van der Waals surface area (Å²) in [5, 5.41) is 11.6. The van der Waals surface area contributed by atoms with Crippen molar-refractivity contribution in [1.29, 1.82) is 0 Å². The van der Waals surface area contributed by atoms with Crippen LogP contribution >= 0.6 is 0 Å². The third-order valence-electron chi connectivity index (χ3n) is 7.08. The fraction of sp³-hybridized carbons (Fsp3) is 0.452. The Bertz CT molecular complexity index is 1410. The minimum absolute atomic E-state index is 0.0186. The lowest BCUT2D eigenvalue weighted by molar-refractivity contribution is -0.145. The van der Waals surface area contributed by atoms with E-state index >= 15 is 0 Å². The molecule has 2 atom stereocenters. The lowest BCUT2D eigenvalue weighted by atomic mass is 9.82. The van der Waals surface area contributed by atoms with E-state index in [1.54, 1.807) is 12.1 Å². The fourth-order valence-electron chi connectivity index (χ4n) is 4.77. The van der Waals surface area contributed by atoms with Crippen LogP contribution in [-0.4, -0.2) is 78.3 Å². The van der Waals surface area contributed by atoms with Crippen LogP contribution in [-0.2, 0) is 40.5 Å². The molecule has 13 heteroatoms. The van der Waals surface area contributed by atoms with E-state index in [2.05, 4.69) is 5.32 Å². The van der Waals surface area contributed by atoms with Crippen LogP contribution in [0.15, 0.2) is 30.3 Å². The molecule has 0 spiro atoms. The molecule has 0 aliphatic carbocycles. The summed E-state index contributed by atoms with van der Waals surface area (Å²) in [6, 6.07) is 6.19. The van der Waals surface area contributed by atoms with Gasteiger partial charge in [-0.15, -0.1) is 0 Å². The molecule has 0 aromatic heterocycles. The van der Waals surface area contributed by atoms with Crippen molar-refractivity contribution in [2.45, 2.75) is 52.0 Å². The van der Waals surface area contributed by atoms with E-state index in [1.807, 2.05) is 32.9 Å². The first-order chi connectivity index (χ1) is 20.6. The first kappa shape index (κ1) is 34.2. The molecule has 0 bridgehead atoms. The van der Waals surface area contributed by atoms with Gasteiger partial charge in [-0.1, -0.05) is 45.0 Å². The second kappa shape index (κ2) is 14.5. The predicted octanol–water partition coefficient (Wildman–Crippen LogP) is 2.90. The zero-order valence-corrected chi connectivity index (χ0v) is 24.9. The number of nitrogens with one attached hydrogen (secondary N) is 1. The molecule has 10 nitrogen and oxygen atoms in total. The van der Waals surface area contributed by atoms with Crippen LogP contribution in [0.3, 0.4) is 0 Å². The lowest BCUT2D eigenvalue weighted by Gasteiger charge is -2.25. The highest BCUT2D eigenvalue weighted by atomic mass is 19.2. The number of hydrogen-bond acceptors (Lipinski definition) is 7. The summed E-state index contributed by atoms with van der Waals surface area (Å²) >= 11 is 0. The number of aliphatic carboxylic acids is 1. The highest BCUT2D eigenvalue weighted by Crippen LogP contribution is 2.28. The smallest absolute Gasteiger partial charge is 0.305 e. The number of benzene rings is 2. The summed E-state index contributed by atoms with van der Waals surface area (Å²) in [5.74, 6) is -11.5. The zero-order valence-electron chi connectivity index (χ0n) is 24.9. The molecule has 2 aromatic rings. The van der Waals surface area contributed by atoms with E-state index in [0.717, 1.165) is 12.5 Å². The Morgan fingerprint density at radius 2 is 1.80 bits per heavy atom. The van der Waals surface area contributed by atoms with Gasteiger partial charge in [-0.2, -0.15) is 4.39 Å². The molecule has 2 amide bonds. The van der Waals surface area contributed by atoms with Gasteiger partial charge in [0.15, 0.2) is 23.2 Å². The number of amides is 2. The van der Waals surface area contributed by atoms with Crippen LogP contribution in [0.2, 0.25) is 0 Å². The first-order valence-corrected chi connectivity index (χ1v) is 13.9. The van der Waals surface area contributed by atoms with Crippen molar-refractivity contribution in [3.05, 3.63) is 64.5 Å². The number of hydrogen-bond donors (Lipinski definition) is 2. The fourth-order valence-corrected chi connectivity index (χ4v) is 4.77. The number of ketones is 2. The molecule has 238 valence electrons. The van der Waals surface area contributed by atoms with Gasteiger partial charge in [0.2, 0.25) is 17.5 Å². The van der Waals surface area contributed by atoms with Gasteiger partial charge < -0.3 is 24.8 Å². The zero-order chi connectivity index (χ0) is 32.8. The highest BCUT2D eigenvalue weighted by Gasteiger charge is 2.34. The third-order valence-corrected chi connectivity index (χ3v) is 7.08. The summed E-state index contributed by atoms with van der Waals surface area (Å²) in [7, 11) is 0. The molecule has 0 radical (unpaired) electrons. The number of ether oxygens (including phenoxy) is 2. The molecule has 44 heavy (non-hydrogen) atoms. The summed E-state index contributed by atoms with van der Waals surface area (Å²) in [5.41, 5.74) is 1.05. The maximum Gasteiger partial charge on any atom is 0.305 e. The van der Waals surface area contributed by atoms with Crippen LogP contribution in [0.1, 0.15) is 43.9 Å². The Hall–Kier alpha value is -4.26. The number of Topliss-reactive ketones (excluding diaryl/α,β-unsaturated/α-hetero) is 2. The van der Waals surface area contributed by atoms with Crippen LogP contribution in [0, 0.1) is 30.3 Å². The Labute approximate surface area is 252 Å².